The van der Waals surface area contributed by atoms with E-state index in [4.69, 9.17) is 4.74 Å². The topological polar surface area (TPSA) is 56.2 Å². The molecule has 0 atom stereocenters. The van der Waals surface area contributed by atoms with Gasteiger partial charge >= 0.3 is 0 Å². The molecule has 1 heterocycles. The molecule has 0 bridgehead atoms. The van der Waals surface area contributed by atoms with E-state index in [0.717, 1.165) is 17.7 Å². The highest BCUT2D eigenvalue weighted by Crippen LogP contribution is 2.20. The van der Waals surface area contributed by atoms with Gasteiger partial charge in [-0.1, -0.05) is 55.5 Å². The number of nitrogens with one attached hydrogen (secondary N) is 1. The lowest BCUT2D eigenvalue weighted by Crippen LogP contribution is -2.25. The zero-order valence-electron chi connectivity index (χ0n) is 14.4. The lowest BCUT2D eigenvalue weighted by atomic mass is 10.1. The molecule has 5 heteroatoms. The molecule has 0 spiro atoms. The summed E-state index contributed by atoms with van der Waals surface area (Å²) in [6.45, 7) is 2.51. The molecule has 0 amide bonds. The summed E-state index contributed by atoms with van der Waals surface area (Å²) in [6.07, 6.45) is 2.35. The Hall–Kier alpha value is -3.08. The lowest BCUT2D eigenvalue weighted by Gasteiger charge is -2.16. The van der Waals surface area contributed by atoms with Gasteiger partial charge in [0.05, 0.1) is 19.9 Å². The highest BCUT2D eigenvalue weighted by Gasteiger charge is 2.12. The van der Waals surface area contributed by atoms with Crippen LogP contribution in [0.1, 0.15) is 18.1 Å². The molecule has 25 heavy (non-hydrogen) atoms. The fourth-order valence-electron chi connectivity index (χ4n) is 2.70. The second-order valence-corrected chi connectivity index (χ2v) is 5.66. The predicted molar refractivity (Wildman–Crippen MR) is 99.7 cm³/mol. The van der Waals surface area contributed by atoms with Crippen molar-refractivity contribution in [1.82, 2.24) is 9.55 Å². The molecule has 5 nitrogen and oxygen atoms in total. The van der Waals surface area contributed by atoms with Gasteiger partial charge in [-0.05, 0) is 23.6 Å². The van der Waals surface area contributed by atoms with E-state index in [9.17, 15) is 4.79 Å². The molecule has 2 aromatic carbocycles. The van der Waals surface area contributed by atoms with Gasteiger partial charge in [-0.25, -0.2) is 4.98 Å². The van der Waals surface area contributed by atoms with E-state index in [1.165, 1.54) is 18.9 Å². The first-order chi connectivity index (χ1) is 12.2. The van der Waals surface area contributed by atoms with Crippen LogP contribution in [0.3, 0.4) is 0 Å². The van der Waals surface area contributed by atoms with Gasteiger partial charge in [-0.2, -0.15) is 0 Å². The number of aromatic nitrogens is 2. The zero-order valence-corrected chi connectivity index (χ0v) is 14.4. The van der Waals surface area contributed by atoms with E-state index < -0.39 is 0 Å². The van der Waals surface area contributed by atoms with Crippen LogP contribution in [0.25, 0.3) is 0 Å². The number of rotatable bonds is 6. The van der Waals surface area contributed by atoms with Gasteiger partial charge in [0.15, 0.2) is 0 Å². The van der Waals surface area contributed by atoms with Crippen LogP contribution < -0.4 is 15.6 Å². The number of hydrogen-bond acceptors (Lipinski definition) is 4. The lowest BCUT2D eigenvalue weighted by molar-refractivity contribution is 0.401. The van der Waals surface area contributed by atoms with Crippen molar-refractivity contribution in [2.45, 2.75) is 19.9 Å². The van der Waals surface area contributed by atoms with Crippen LogP contribution in [-0.4, -0.2) is 16.7 Å². The summed E-state index contributed by atoms with van der Waals surface area (Å²) < 4.78 is 6.75. The standard InChI is InChI=1S/C20H21N3O2/c1-3-16-11-7-8-12-17(16)22-20-21-13-18(25-2)19(24)23(20)14-15-9-5-4-6-10-15/h4-13H,3,14H2,1-2H3,(H,21,22). The molecule has 0 unspecified atom stereocenters. The van der Waals surface area contributed by atoms with Gasteiger partial charge in [0.1, 0.15) is 0 Å². The van der Waals surface area contributed by atoms with Crippen LogP contribution in [-0.2, 0) is 13.0 Å². The first kappa shape index (κ1) is 16.8. The Morgan fingerprint density at radius 3 is 2.52 bits per heavy atom. The molecule has 0 radical (unpaired) electrons. The van der Waals surface area contributed by atoms with E-state index >= 15 is 0 Å². The summed E-state index contributed by atoms with van der Waals surface area (Å²) in [5, 5.41) is 3.30. The van der Waals surface area contributed by atoms with Crippen molar-refractivity contribution >= 4 is 11.6 Å². The van der Waals surface area contributed by atoms with Crippen LogP contribution in [0.15, 0.2) is 65.6 Å². The van der Waals surface area contributed by atoms with E-state index in [0.29, 0.717) is 12.5 Å². The van der Waals surface area contributed by atoms with Crippen LogP contribution in [0.4, 0.5) is 11.6 Å². The quantitative estimate of drug-likeness (QED) is 0.748. The molecule has 0 fully saturated rings. The van der Waals surface area contributed by atoms with E-state index in [1.807, 2.05) is 48.5 Å². The van der Waals surface area contributed by atoms with Crippen molar-refractivity contribution in [1.29, 1.82) is 0 Å². The second kappa shape index (κ2) is 7.66. The summed E-state index contributed by atoms with van der Waals surface area (Å²) in [5.41, 5.74) is 2.92. The molecule has 0 saturated heterocycles. The van der Waals surface area contributed by atoms with Gasteiger partial charge in [0.2, 0.25) is 11.7 Å². The summed E-state index contributed by atoms with van der Waals surface area (Å²) in [5.74, 6) is 0.723. The Kier molecular flexibility index (Phi) is 5.14. The van der Waals surface area contributed by atoms with Gasteiger partial charge in [-0.3, -0.25) is 9.36 Å². The molecule has 1 aromatic heterocycles. The normalized spacial score (nSPS) is 10.5. The van der Waals surface area contributed by atoms with Gasteiger partial charge in [-0.15, -0.1) is 0 Å². The molecule has 0 aliphatic carbocycles. The second-order valence-electron chi connectivity index (χ2n) is 5.66. The number of para-hydroxylation sites is 1. The Labute approximate surface area is 146 Å². The molecule has 3 rings (SSSR count). The average Bonchev–Trinajstić information content (AvgIpc) is 2.66. The summed E-state index contributed by atoms with van der Waals surface area (Å²) in [6, 6.07) is 17.8. The molecular formula is C20H21N3O2. The summed E-state index contributed by atoms with van der Waals surface area (Å²) in [4.78, 5) is 17.1. The predicted octanol–water partition coefficient (Wildman–Crippen LogP) is 3.61. The van der Waals surface area contributed by atoms with Crippen molar-refractivity contribution in [3.63, 3.8) is 0 Å². The average molecular weight is 335 g/mol. The van der Waals surface area contributed by atoms with Crippen molar-refractivity contribution in [3.05, 3.63) is 82.3 Å². The molecule has 0 aliphatic heterocycles. The van der Waals surface area contributed by atoms with E-state index in [-0.39, 0.29) is 11.3 Å². The highest BCUT2D eigenvalue weighted by atomic mass is 16.5. The van der Waals surface area contributed by atoms with E-state index in [2.05, 4.69) is 23.3 Å². The van der Waals surface area contributed by atoms with Gasteiger partial charge in [0.25, 0.3) is 5.56 Å². The first-order valence-corrected chi connectivity index (χ1v) is 8.25. The minimum Gasteiger partial charge on any atom is -0.490 e. The number of anilines is 2. The maximum atomic E-state index is 12.7. The van der Waals surface area contributed by atoms with Crippen LogP contribution >= 0.6 is 0 Å². The Balaban J connectivity index is 2.04. The third-order valence-corrected chi connectivity index (χ3v) is 4.06. The SMILES string of the molecule is CCc1ccccc1Nc1ncc(OC)c(=O)n1Cc1ccccc1. The maximum absolute atomic E-state index is 12.7. The number of methoxy groups -OCH3 is 1. The minimum atomic E-state index is -0.210. The fraction of sp³-hybridized carbons (Fsp3) is 0.200. The maximum Gasteiger partial charge on any atom is 0.297 e. The summed E-state index contributed by atoms with van der Waals surface area (Å²) >= 11 is 0. The Bertz CT molecular complexity index is 904. The van der Waals surface area contributed by atoms with Crippen LogP contribution in [0, 0.1) is 0 Å². The Morgan fingerprint density at radius 2 is 1.80 bits per heavy atom. The van der Waals surface area contributed by atoms with Crippen LogP contribution in [0.2, 0.25) is 0 Å². The van der Waals surface area contributed by atoms with Gasteiger partial charge in [0, 0.05) is 5.69 Å². The smallest absolute Gasteiger partial charge is 0.297 e. The number of aryl methyl sites for hydroxylation is 1. The largest absolute Gasteiger partial charge is 0.490 e. The Morgan fingerprint density at radius 1 is 1.08 bits per heavy atom. The number of benzene rings is 2. The zero-order chi connectivity index (χ0) is 17.6. The first-order valence-electron chi connectivity index (χ1n) is 8.25. The number of hydrogen-bond donors (Lipinski definition) is 1. The third kappa shape index (κ3) is 3.71. The van der Waals surface area contributed by atoms with E-state index in [1.54, 1.807) is 4.57 Å². The number of ether oxygens (including phenoxy) is 1. The third-order valence-electron chi connectivity index (χ3n) is 4.06. The molecule has 0 saturated carbocycles. The van der Waals surface area contributed by atoms with Crippen molar-refractivity contribution in [2.24, 2.45) is 0 Å². The van der Waals surface area contributed by atoms with Crippen molar-refractivity contribution < 1.29 is 4.74 Å². The molecular weight excluding hydrogens is 314 g/mol. The summed E-state index contributed by atoms with van der Waals surface area (Å²) in [7, 11) is 1.48. The molecule has 128 valence electrons. The van der Waals surface area contributed by atoms with Crippen molar-refractivity contribution in [2.75, 3.05) is 12.4 Å². The number of nitrogens with zero attached hydrogens (tertiary/aromatic N) is 2. The molecule has 1 N–H and O–H groups in total. The van der Waals surface area contributed by atoms with Crippen molar-refractivity contribution in [3.8, 4) is 5.75 Å². The fourth-order valence-corrected chi connectivity index (χ4v) is 2.70. The molecule has 0 aliphatic rings. The minimum absolute atomic E-state index is 0.210. The molecule has 3 aromatic rings. The van der Waals surface area contributed by atoms with Gasteiger partial charge < -0.3 is 10.1 Å². The highest BCUT2D eigenvalue weighted by molar-refractivity contribution is 5.59. The van der Waals surface area contributed by atoms with Crippen LogP contribution in [0.5, 0.6) is 5.75 Å². The monoisotopic (exact) mass is 335 g/mol.